The Hall–Kier alpha value is -1.60. The van der Waals surface area contributed by atoms with E-state index in [-0.39, 0.29) is 16.3 Å². The first-order valence-electron chi connectivity index (χ1n) is 5.19. The topological polar surface area (TPSA) is 68.0 Å². The predicted octanol–water partition coefficient (Wildman–Crippen LogP) is 2.45. The number of hydrogen-bond donors (Lipinski definition) is 1. The third kappa shape index (κ3) is 2.87. The van der Waals surface area contributed by atoms with E-state index < -0.39 is 11.8 Å². The molecule has 0 amide bonds. The number of aliphatic carboxylic acids is 1. The highest BCUT2D eigenvalue weighted by atomic mass is 35.5. The van der Waals surface area contributed by atoms with Crippen molar-refractivity contribution in [1.29, 1.82) is 0 Å². The summed E-state index contributed by atoms with van der Waals surface area (Å²) in [5.41, 5.74) is 0.227. The molecule has 1 N–H and O–H groups in total. The lowest BCUT2D eigenvalue weighted by molar-refractivity contribution is -0.133. The highest BCUT2D eigenvalue weighted by Gasteiger charge is 2.16. The quantitative estimate of drug-likeness (QED) is 0.879. The Kier molecular flexibility index (Phi) is 4.06. The normalized spacial score (nSPS) is 10.7. The molecule has 0 aliphatic rings. The van der Waals surface area contributed by atoms with Crippen molar-refractivity contribution < 1.29 is 14.3 Å². The Bertz CT molecular complexity index is 632. The van der Waals surface area contributed by atoms with Crippen molar-refractivity contribution in [2.24, 2.45) is 7.05 Å². The molecule has 0 saturated heterocycles. The first-order valence-corrected chi connectivity index (χ1v) is 6.55. The van der Waals surface area contributed by atoms with Crippen LogP contribution in [-0.2, 0) is 11.8 Å². The first kappa shape index (κ1) is 13.8. The van der Waals surface area contributed by atoms with Crippen LogP contribution >= 0.6 is 23.4 Å². The summed E-state index contributed by atoms with van der Waals surface area (Å²) in [5, 5.41) is 16.7. The van der Waals surface area contributed by atoms with Crippen molar-refractivity contribution in [3.63, 3.8) is 0 Å². The molecular formula is C11H9ClFN3O2S. The van der Waals surface area contributed by atoms with E-state index in [1.54, 1.807) is 13.1 Å². The number of aromatic nitrogens is 3. The Morgan fingerprint density at radius 3 is 2.95 bits per heavy atom. The summed E-state index contributed by atoms with van der Waals surface area (Å²) >= 11 is 6.73. The molecule has 5 nitrogen and oxygen atoms in total. The summed E-state index contributed by atoms with van der Waals surface area (Å²) in [6, 6.07) is 4.59. The standard InChI is InChI=1S/C11H9ClFN3O2S/c1-16-10(6-3-2-4-7(12)9(6)13)14-15-11(16)19-5-8(17)18/h2-4H,5H2,1H3,(H,17,18). The third-order valence-corrected chi connectivity index (χ3v) is 3.65. The number of rotatable bonds is 4. The zero-order valence-electron chi connectivity index (χ0n) is 9.80. The minimum Gasteiger partial charge on any atom is -0.481 e. The van der Waals surface area contributed by atoms with Crippen molar-refractivity contribution in [2.45, 2.75) is 5.16 Å². The number of hydrogen-bond acceptors (Lipinski definition) is 4. The molecule has 0 saturated carbocycles. The second kappa shape index (κ2) is 5.58. The molecule has 2 aromatic rings. The van der Waals surface area contributed by atoms with Gasteiger partial charge in [0.2, 0.25) is 0 Å². The minimum absolute atomic E-state index is 0.000221. The van der Waals surface area contributed by atoms with Crippen LogP contribution in [0.15, 0.2) is 23.4 Å². The molecule has 1 heterocycles. The molecule has 0 unspecified atom stereocenters. The van der Waals surface area contributed by atoms with Crippen LogP contribution in [0.25, 0.3) is 11.4 Å². The van der Waals surface area contributed by atoms with E-state index in [0.717, 1.165) is 11.8 Å². The van der Waals surface area contributed by atoms with Crippen molar-refractivity contribution >= 4 is 29.3 Å². The van der Waals surface area contributed by atoms with Crippen molar-refractivity contribution in [1.82, 2.24) is 14.8 Å². The van der Waals surface area contributed by atoms with Gasteiger partial charge in [0.1, 0.15) is 0 Å². The summed E-state index contributed by atoms with van der Waals surface area (Å²) in [6.45, 7) is 0. The average molecular weight is 302 g/mol. The largest absolute Gasteiger partial charge is 0.481 e. The van der Waals surface area contributed by atoms with Gasteiger partial charge in [-0.1, -0.05) is 29.4 Å². The SMILES string of the molecule is Cn1c(SCC(=O)O)nnc1-c1cccc(Cl)c1F. The maximum Gasteiger partial charge on any atom is 0.313 e. The van der Waals surface area contributed by atoms with Gasteiger partial charge < -0.3 is 9.67 Å². The molecule has 19 heavy (non-hydrogen) atoms. The molecule has 0 atom stereocenters. The number of thioether (sulfide) groups is 1. The lowest BCUT2D eigenvalue weighted by atomic mass is 10.2. The fraction of sp³-hybridized carbons (Fsp3) is 0.182. The van der Waals surface area contributed by atoms with Gasteiger partial charge in [0.05, 0.1) is 16.3 Å². The van der Waals surface area contributed by atoms with Gasteiger partial charge in [0.25, 0.3) is 0 Å². The van der Waals surface area contributed by atoms with E-state index >= 15 is 0 Å². The highest BCUT2D eigenvalue weighted by molar-refractivity contribution is 7.99. The number of carboxylic acids is 1. The Morgan fingerprint density at radius 2 is 2.26 bits per heavy atom. The van der Waals surface area contributed by atoms with Crippen molar-refractivity contribution in [3.05, 3.63) is 29.0 Å². The summed E-state index contributed by atoms with van der Waals surface area (Å²) in [4.78, 5) is 10.5. The molecule has 8 heteroatoms. The monoisotopic (exact) mass is 301 g/mol. The second-order valence-electron chi connectivity index (χ2n) is 3.65. The van der Waals surface area contributed by atoms with Gasteiger partial charge in [-0.25, -0.2) is 4.39 Å². The van der Waals surface area contributed by atoms with Crippen molar-refractivity contribution in [3.8, 4) is 11.4 Å². The summed E-state index contributed by atoms with van der Waals surface area (Å²) in [6.07, 6.45) is 0. The van der Waals surface area contributed by atoms with E-state index in [9.17, 15) is 9.18 Å². The van der Waals surface area contributed by atoms with Crippen LogP contribution in [0.1, 0.15) is 0 Å². The van der Waals surface area contributed by atoms with Gasteiger partial charge >= 0.3 is 5.97 Å². The van der Waals surface area contributed by atoms with Gasteiger partial charge in [-0.15, -0.1) is 10.2 Å². The third-order valence-electron chi connectivity index (χ3n) is 2.35. The van der Waals surface area contributed by atoms with E-state index in [1.807, 2.05) is 0 Å². The summed E-state index contributed by atoms with van der Waals surface area (Å²) in [7, 11) is 1.64. The van der Waals surface area contributed by atoms with Gasteiger partial charge in [-0.05, 0) is 12.1 Å². The second-order valence-corrected chi connectivity index (χ2v) is 5.00. The maximum absolute atomic E-state index is 13.9. The fourth-order valence-electron chi connectivity index (χ4n) is 1.48. The van der Waals surface area contributed by atoms with Crippen LogP contribution in [0, 0.1) is 5.82 Å². The lowest BCUT2D eigenvalue weighted by Gasteiger charge is -2.05. The van der Waals surface area contributed by atoms with E-state index in [1.165, 1.54) is 16.7 Å². The zero-order chi connectivity index (χ0) is 14.0. The number of carboxylic acid groups (broad SMARTS) is 1. The Balaban J connectivity index is 2.36. The van der Waals surface area contributed by atoms with Gasteiger partial charge in [-0.2, -0.15) is 0 Å². The molecule has 2 rings (SSSR count). The van der Waals surface area contributed by atoms with Crippen LogP contribution in [0.3, 0.4) is 0 Å². The smallest absolute Gasteiger partial charge is 0.313 e. The van der Waals surface area contributed by atoms with Gasteiger partial charge in [0.15, 0.2) is 16.8 Å². The molecule has 0 bridgehead atoms. The van der Waals surface area contributed by atoms with E-state index in [2.05, 4.69) is 10.2 Å². The maximum atomic E-state index is 13.9. The average Bonchev–Trinajstić information content (AvgIpc) is 2.72. The molecule has 0 spiro atoms. The molecule has 1 aromatic heterocycles. The molecular weight excluding hydrogens is 293 g/mol. The summed E-state index contributed by atoms with van der Waals surface area (Å²) in [5.74, 6) is -1.37. The van der Waals surface area contributed by atoms with Crippen molar-refractivity contribution in [2.75, 3.05) is 5.75 Å². The van der Waals surface area contributed by atoms with Crippen LogP contribution < -0.4 is 0 Å². The molecule has 0 aliphatic carbocycles. The first-order chi connectivity index (χ1) is 9.00. The molecule has 100 valence electrons. The Morgan fingerprint density at radius 1 is 1.53 bits per heavy atom. The number of nitrogens with zero attached hydrogens (tertiary/aromatic N) is 3. The number of carbonyl (C=O) groups is 1. The highest BCUT2D eigenvalue weighted by Crippen LogP contribution is 2.28. The molecule has 0 fully saturated rings. The molecule has 0 radical (unpaired) electrons. The number of halogens is 2. The van der Waals surface area contributed by atoms with E-state index in [4.69, 9.17) is 16.7 Å². The number of benzene rings is 1. The van der Waals surface area contributed by atoms with Gasteiger partial charge in [0, 0.05) is 7.05 Å². The fourth-order valence-corrected chi connectivity index (χ4v) is 2.28. The minimum atomic E-state index is -0.955. The lowest BCUT2D eigenvalue weighted by Crippen LogP contribution is -2.01. The molecule has 1 aromatic carbocycles. The Labute approximate surface area is 117 Å². The predicted molar refractivity (Wildman–Crippen MR) is 69.8 cm³/mol. The van der Waals surface area contributed by atoms with Gasteiger partial charge in [-0.3, -0.25) is 4.79 Å². The van der Waals surface area contributed by atoms with Crippen LogP contribution in [-0.4, -0.2) is 31.6 Å². The summed E-state index contributed by atoms with van der Waals surface area (Å²) < 4.78 is 15.4. The van der Waals surface area contributed by atoms with E-state index in [0.29, 0.717) is 11.0 Å². The van der Waals surface area contributed by atoms with Crippen LogP contribution in [0.2, 0.25) is 5.02 Å². The van der Waals surface area contributed by atoms with Crippen LogP contribution in [0.4, 0.5) is 4.39 Å². The zero-order valence-corrected chi connectivity index (χ0v) is 11.4. The van der Waals surface area contributed by atoms with Crippen LogP contribution in [0.5, 0.6) is 0 Å². The molecule has 0 aliphatic heterocycles.